The highest BCUT2D eigenvalue weighted by molar-refractivity contribution is 5.91. The maximum Gasteiger partial charge on any atom is 0.313 e. The summed E-state index contributed by atoms with van der Waals surface area (Å²) in [5.74, 6) is -2.44. The second-order valence-corrected chi connectivity index (χ2v) is 11.1. The van der Waals surface area contributed by atoms with Gasteiger partial charge in [-0.25, -0.2) is 5.43 Å². The molecular formula is C32H43N5O5. The SMILES string of the molecule is C=Cc1cc2cc([C@@H](C)NC(=O)[C@@H]3CCCN(C(=O)[C@H](C)NC(=O)[C@@H](OC(=O)C(C)/C=C/C)C(C)C)N3)ccc2cn1. The van der Waals surface area contributed by atoms with Crippen LogP contribution in [0.1, 0.15) is 71.7 Å². The van der Waals surface area contributed by atoms with E-state index < -0.39 is 36.0 Å². The Balaban J connectivity index is 1.59. The molecule has 1 saturated heterocycles. The average Bonchev–Trinajstić information content (AvgIpc) is 2.98. The number of aromatic nitrogens is 1. The molecule has 1 fully saturated rings. The van der Waals surface area contributed by atoms with Crippen LogP contribution in [0.3, 0.4) is 0 Å². The zero-order chi connectivity index (χ0) is 31.0. The van der Waals surface area contributed by atoms with E-state index >= 15 is 0 Å². The molecule has 3 N–H and O–H groups in total. The molecule has 10 heteroatoms. The monoisotopic (exact) mass is 577 g/mol. The molecule has 2 heterocycles. The lowest BCUT2D eigenvalue weighted by Gasteiger charge is -2.35. The summed E-state index contributed by atoms with van der Waals surface area (Å²) in [5, 5.41) is 9.10. The van der Waals surface area contributed by atoms with Gasteiger partial charge in [-0.15, -0.1) is 0 Å². The summed E-state index contributed by atoms with van der Waals surface area (Å²) in [6.45, 7) is 14.7. The lowest BCUT2D eigenvalue weighted by molar-refractivity contribution is -0.161. The van der Waals surface area contributed by atoms with Gasteiger partial charge < -0.3 is 15.4 Å². The topological polar surface area (TPSA) is 130 Å². The van der Waals surface area contributed by atoms with Crippen LogP contribution in [0.5, 0.6) is 0 Å². The molecule has 10 nitrogen and oxygen atoms in total. The molecular weight excluding hydrogens is 534 g/mol. The number of allylic oxidation sites excluding steroid dienone is 1. The number of hydrogen-bond acceptors (Lipinski definition) is 7. The number of rotatable bonds is 11. The van der Waals surface area contributed by atoms with E-state index in [2.05, 4.69) is 27.6 Å². The van der Waals surface area contributed by atoms with Gasteiger partial charge in [-0.3, -0.25) is 29.2 Å². The largest absolute Gasteiger partial charge is 0.452 e. The number of benzene rings is 1. The smallest absolute Gasteiger partial charge is 0.313 e. The van der Waals surface area contributed by atoms with Gasteiger partial charge in [0.05, 0.1) is 17.7 Å². The van der Waals surface area contributed by atoms with Crippen molar-refractivity contribution in [3.8, 4) is 0 Å². The van der Waals surface area contributed by atoms with Gasteiger partial charge in [-0.1, -0.05) is 44.7 Å². The average molecular weight is 578 g/mol. The number of ether oxygens (including phenoxy) is 1. The fraction of sp³-hybridized carbons (Fsp3) is 0.469. The van der Waals surface area contributed by atoms with Gasteiger partial charge in [0.15, 0.2) is 6.10 Å². The minimum absolute atomic E-state index is 0.222. The molecule has 0 spiro atoms. The molecule has 1 aliphatic rings. The first-order chi connectivity index (χ1) is 19.9. The van der Waals surface area contributed by atoms with E-state index in [0.717, 1.165) is 22.0 Å². The highest BCUT2D eigenvalue weighted by Crippen LogP contribution is 2.22. The fourth-order valence-electron chi connectivity index (χ4n) is 4.77. The predicted octanol–water partition coefficient (Wildman–Crippen LogP) is 3.84. The van der Waals surface area contributed by atoms with E-state index in [1.54, 1.807) is 59.0 Å². The second-order valence-electron chi connectivity index (χ2n) is 11.1. The maximum absolute atomic E-state index is 13.2. The van der Waals surface area contributed by atoms with E-state index in [0.29, 0.717) is 19.4 Å². The van der Waals surface area contributed by atoms with Crippen molar-refractivity contribution in [2.75, 3.05) is 6.54 Å². The Morgan fingerprint density at radius 3 is 2.50 bits per heavy atom. The van der Waals surface area contributed by atoms with Crippen molar-refractivity contribution in [3.05, 3.63) is 60.5 Å². The molecule has 3 amide bonds. The minimum atomic E-state index is -1.04. The maximum atomic E-state index is 13.2. The van der Waals surface area contributed by atoms with Crippen molar-refractivity contribution in [1.29, 1.82) is 0 Å². The summed E-state index contributed by atoms with van der Waals surface area (Å²) in [7, 11) is 0. The Labute approximate surface area is 247 Å². The van der Waals surface area contributed by atoms with Crippen molar-refractivity contribution in [2.45, 2.75) is 78.6 Å². The molecule has 0 saturated carbocycles. The summed E-state index contributed by atoms with van der Waals surface area (Å²) in [6.07, 6.45) is 7.06. The third-order valence-electron chi connectivity index (χ3n) is 7.29. The summed E-state index contributed by atoms with van der Waals surface area (Å²) < 4.78 is 5.47. The normalized spacial score (nSPS) is 18.3. The first kappa shape index (κ1) is 32.5. The molecule has 226 valence electrons. The van der Waals surface area contributed by atoms with Crippen LogP contribution >= 0.6 is 0 Å². The second kappa shape index (κ2) is 14.7. The summed E-state index contributed by atoms with van der Waals surface area (Å²) in [5.41, 5.74) is 4.75. The zero-order valence-corrected chi connectivity index (χ0v) is 25.3. The molecule has 42 heavy (non-hydrogen) atoms. The van der Waals surface area contributed by atoms with E-state index in [1.165, 1.54) is 5.01 Å². The van der Waals surface area contributed by atoms with Gasteiger partial charge in [-0.05, 0) is 75.6 Å². The van der Waals surface area contributed by atoms with E-state index in [9.17, 15) is 19.2 Å². The Kier molecular flexibility index (Phi) is 11.4. The molecule has 0 aliphatic carbocycles. The van der Waals surface area contributed by atoms with Crippen molar-refractivity contribution in [3.63, 3.8) is 0 Å². The minimum Gasteiger partial charge on any atom is -0.452 e. The van der Waals surface area contributed by atoms with Crippen LogP contribution in [0.15, 0.2) is 49.2 Å². The first-order valence-corrected chi connectivity index (χ1v) is 14.5. The number of carbonyl (C=O) groups excluding carboxylic acids is 4. The molecule has 5 atom stereocenters. The van der Waals surface area contributed by atoms with Crippen LogP contribution in [-0.2, 0) is 23.9 Å². The molecule has 0 bridgehead atoms. The van der Waals surface area contributed by atoms with Gasteiger partial charge >= 0.3 is 5.97 Å². The van der Waals surface area contributed by atoms with Gasteiger partial charge in [-0.2, -0.15) is 0 Å². The van der Waals surface area contributed by atoms with Crippen LogP contribution in [-0.4, -0.2) is 58.4 Å². The number of hydrogen-bond donors (Lipinski definition) is 3. The van der Waals surface area contributed by atoms with Gasteiger partial charge in [0.1, 0.15) is 12.1 Å². The zero-order valence-electron chi connectivity index (χ0n) is 25.3. The van der Waals surface area contributed by atoms with Crippen molar-refractivity contribution < 1.29 is 23.9 Å². The quantitative estimate of drug-likeness (QED) is 0.273. The molecule has 2 aromatic rings. The molecule has 1 unspecified atom stereocenters. The number of carbonyl (C=O) groups is 4. The number of amides is 3. The third kappa shape index (κ3) is 8.25. The Hall–Kier alpha value is -4.05. The molecule has 1 aromatic heterocycles. The molecule has 1 aromatic carbocycles. The Morgan fingerprint density at radius 1 is 1.10 bits per heavy atom. The van der Waals surface area contributed by atoms with E-state index in [4.69, 9.17) is 4.74 Å². The third-order valence-corrected chi connectivity index (χ3v) is 7.29. The van der Waals surface area contributed by atoms with Crippen LogP contribution in [0, 0.1) is 11.8 Å². The Morgan fingerprint density at radius 2 is 1.83 bits per heavy atom. The highest BCUT2D eigenvalue weighted by Gasteiger charge is 2.34. The fourth-order valence-corrected chi connectivity index (χ4v) is 4.77. The van der Waals surface area contributed by atoms with Crippen molar-refractivity contribution in [1.82, 2.24) is 26.1 Å². The van der Waals surface area contributed by atoms with Gasteiger partial charge in [0, 0.05) is 18.1 Å². The number of hydrazine groups is 1. The predicted molar refractivity (Wildman–Crippen MR) is 163 cm³/mol. The Bertz CT molecular complexity index is 1340. The summed E-state index contributed by atoms with van der Waals surface area (Å²) in [4.78, 5) is 56.1. The van der Waals surface area contributed by atoms with Gasteiger partial charge in [0.25, 0.3) is 11.8 Å². The standard InChI is InChI=1S/C32H43N5O5/c1-8-11-20(5)32(41)42-28(19(3)4)30(39)35-22(7)31(40)37-15-10-12-27(36-37)29(38)34-21(6)23-13-14-24-18-33-26(9-2)17-25(24)16-23/h8-9,11,13-14,16-22,27-28,36H,2,10,12,15H2,1,3-7H3,(H,34,38)(H,35,39)/b11-8+/t20?,21-,22+,27+,28+/m1/s1. The van der Waals surface area contributed by atoms with E-state index in [-0.39, 0.29) is 23.8 Å². The molecule has 1 aliphatic heterocycles. The first-order valence-electron chi connectivity index (χ1n) is 14.5. The van der Waals surface area contributed by atoms with Crippen molar-refractivity contribution in [2.24, 2.45) is 11.8 Å². The number of nitrogens with zero attached hydrogens (tertiary/aromatic N) is 2. The number of nitrogens with one attached hydrogen (secondary N) is 3. The lowest BCUT2D eigenvalue weighted by Crippen LogP contribution is -2.61. The number of pyridine rings is 1. The number of esters is 1. The van der Waals surface area contributed by atoms with Crippen LogP contribution in [0.25, 0.3) is 16.8 Å². The summed E-state index contributed by atoms with van der Waals surface area (Å²) >= 11 is 0. The molecule has 0 radical (unpaired) electrons. The summed E-state index contributed by atoms with van der Waals surface area (Å²) in [6, 6.07) is 6.12. The van der Waals surface area contributed by atoms with Crippen LogP contribution in [0.4, 0.5) is 0 Å². The van der Waals surface area contributed by atoms with Crippen molar-refractivity contribution >= 4 is 40.5 Å². The van der Waals surface area contributed by atoms with Crippen LogP contribution in [0.2, 0.25) is 0 Å². The van der Waals surface area contributed by atoms with Gasteiger partial charge in [0.2, 0.25) is 5.91 Å². The van der Waals surface area contributed by atoms with E-state index in [1.807, 2.05) is 31.2 Å². The number of fused-ring (bicyclic) bond motifs is 1. The highest BCUT2D eigenvalue weighted by atomic mass is 16.5. The molecule has 3 rings (SSSR count). The van der Waals surface area contributed by atoms with Crippen LogP contribution < -0.4 is 16.1 Å². The lowest BCUT2D eigenvalue weighted by atomic mass is 10.0.